The fourth-order valence-electron chi connectivity index (χ4n) is 3.02. The van der Waals surface area contributed by atoms with Crippen LogP contribution in [-0.4, -0.2) is 93.0 Å². The molecular weight excluding hydrogens is 513 g/mol. The van der Waals surface area contributed by atoms with Crippen LogP contribution in [0.1, 0.15) is 0 Å². The molecule has 0 saturated carbocycles. The van der Waals surface area contributed by atoms with Crippen molar-refractivity contribution >= 4 is 30.1 Å². The Morgan fingerprint density at radius 2 is 0.733 bits per heavy atom. The summed E-state index contributed by atoms with van der Waals surface area (Å²) in [6.07, 6.45) is 0. The summed E-state index contributed by atoms with van der Waals surface area (Å²) in [6.45, 7) is -6.62. The first kappa shape index (κ1) is 25.4. The van der Waals surface area contributed by atoms with Gasteiger partial charge in [-0.25, -0.2) is 25.3 Å². The van der Waals surface area contributed by atoms with Crippen LogP contribution in [0.3, 0.4) is 0 Å². The molecule has 0 spiro atoms. The zero-order chi connectivity index (χ0) is 23.7. The maximum absolute atomic E-state index is 12.9. The second-order valence-corrected chi connectivity index (χ2v) is 11.8. The van der Waals surface area contributed by atoms with Crippen LogP contribution in [0.2, 0.25) is 0 Å². The van der Waals surface area contributed by atoms with Crippen molar-refractivity contribution in [2.24, 2.45) is 0 Å². The molecule has 2 aliphatic rings. The second kappa shape index (κ2) is 7.05. The molecule has 2 rings (SSSR count). The minimum absolute atomic E-state index is 0.442. The van der Waals surface area contributed by atoms with Gasteiger partial charge in [0, 0.05) is 26.2 Å². The molecule has 178 valence electrons. The van der Waals surface area contributed by atoms with E-state index in [1.807, 2.05) is 0 Å². The first-order valence-electron chi connectivity index (χ1n) is 7.28. The highest BCUT2D eigenvalue weighted by Crippen LogP contribution is 2.39. The molecule has 0 atom stereocenters. The van der Waals surface area contributed by atoms with E-state index in [9.17, 15) is 64.8 Å². The lowest BCUT2D eigenvalue weighted by Gasteiger charge is -2.50. The maximum atomic E-state index is 12.9. The third kappa shape index (κ3) is 3.98. The molecule has 0 aliphatic carbocycles. The number of halogens is 9. The highest BCUT2D eigenvalue weighted by molar-refractivity contribution is 7.90. The summed E-state index contributed by atoms with van der Waals surface area (Å²) in [4.78, 5) is 0. The topological polar surface area (TPSA) is 112 Å². The Bertz CT molecular complexity index is 929. The fourth-order valence-corrected chi connectivity index (χ4v) is 6.37. The summed E-state index contributed by atoms with van der Waals surface area (Å²) in [5, 5.41) is 0. The van der Waals surface area contributed by atoms with Crippen molar-refractivity contribution in [3.63, 3.8) is 0 Å². The zero-order valence-electron chi connectivity index (χ0n) is 13.9. The number of fused-ring (bicyclic) bond motifs is 2. The van der Waals surface area contributed by atoms with Crippen LogP contribution < -0.4 is 0 Å². The van der Waals surface area contributed by atoms with Gasteiger partial charge in [0.1, 0.15) is 0 Å². The lowest BCUT2D eigenvalue weighted by atomic mass is 10.1. The van der Waals surface area contributed by atoms with Gasteiger partial charge in [-0.3, -0.25) is 0 Å². The van der Waals surface area contributed by atoms with Crippen LogP contribution in [-0.2, 0) is 30.1 Å². The second-order valence-electron chi connectivity index (χ2n) is 6.12. The standard InChI is InChI=1S/C9H10F9N3O6S3/c10-7(11,12)28(22,23)19-1-5-2-20(29(24,25)8(13,14)15)4-6(3-19)21(5)30(26,27)9(16,17)18/h5-6H,1-4H2. The number of piperazine rings is 2. The highest BCUT2D eigenvalue weighted by Gasteiger charge is 2.63. The number of nitrogens with zero attached hydrogens (tertiary/aromatic N) is 3. The lowest BCUT2D eigenvalue weighted by molar-refractivity contribution is -0.0654. The summed E-state index contributed by atoms with van der Waals surface area (Å²) < 4.78 is 183. The number of sulfonamides is 3. The van der Waals surface area contributed by atoms with Crippen molar-refractivity contribution in [2.75, 3.05) is 26.2 Å². The van der Waals surface area contributed by atoms with Crippen molar-refractivity contribution in [1.82, 2.24) is 12.9 Å². The van der Waals surface area contributed by atoms with Gasteiger partial charge < -0.3 is 0 Å². The minimum Gasteiger partial charge on any atom is -0.203 e. The lowest BCUT2D eigenvalue weighted by Crippen LogP contribution is -2.72. The quantitative estimate of drug-likeness (QED) is 0.489. The van der Waals surface area contributed by atoms with E-state index in [4.69, 9.17) is 0 Å². The molecule has 0 aromatic heterocycles. The summed E-state index contributed by atoms with van der Waals surface area (Å²) >= 11 is 0. The van der Waals surface area contributed by atoms with Crippen LogP contribution in [0.4, 0.5) is 39.5 Å². The zero-order valence-corrected chi connectivity index (χ0v) is 16.4. The predicted molar refractivity (Wildman–Crippen MR) is 77.5 cm³/mol. The van der Waals surface area contributed by atoms with Crippen LogP contribution >= 0.6 is 0 Å². The number of alkyl halides is 9. The van der Waals surface area contributed by atoms with Gasteiger partial charge in [0.25, 0.3) is 0 Å². The summed E-state index contributed by atoms with van der Waals surface area (Å²) in [6, 6.07) is -5.00. The molecule has 21 heteroatoms. The molecule has 0 amide bonds. The first-order chi connectivity index (χ1) is 13.0. The Morgan fingerprint density at radius 3 is 0.933 bits per heavy atom. The Morgan fingerprint density at radius 1 is 0.500 bits per heavy atom. The smallest absolute Gasteiger partial charge is 0.203 e. The summed E-state index contributed by atoms with van der Waals surface area (Å²) in [7, 11) is -18.7. The van der Waals surface area contributed by atoms with Gasteiger partial charge in [0.15, 0.2) is 0 Å². The summed E-state index contributed by atoms with van der Waals surface area (Å²) in [5.74, 6) is 0. The van der Waals surface area contributed by atoms with E-state index in [-0.39, 0.29) is 0 Å². The van der Waals surface area contributed by atoms with E-state index in [0.29, 0.717) is 0 Å². The predicted octanol–water partition coefficient (Wildman–Crippen LogP) is 0.206. The largest absolute Gasteiger partial charge is 0.511 e. The van der Waals surface area contributed by atoms with Gasteiger partial charge >= 0.3 is 46.6 Å². The molecular formula is C9H10F9N3O6S3. The molecule has 2 heterocycles. The number of hydrogen-bond acceptors (Lipinski definition) is 6. The van der Waals surface area contributed by atoms with Crippen molar-refractivity contribution < 1.29 is 64.8 Å². The van der Waals surface area contributed by atoms with Crippen molar-refractivity contribution in [3.05, 3.63) is 0 Å². The normalized spacial score (nSPS) is 26.7. The van der Waals surface area contributed by atoms with Gasteiger partial charge in [-0.15, -0.1) is 0 Å². The van der Waals surface area contributed by atoms with Crippen molar-refractivity contribution in [2.45, 2.75) is 28.6 Å². The van der Waals surface area contributed by atoms with Gasteiger partial charge in [-0.2, -0.15) is 52.4 Å². The first-order valence-corrected chi connectivity index (χ1v) is 11.6. The SMILES string of the molecule is O=S(=O)(N1CC2CN(S(=O)(=O)C(F)(F)F)CC(C1)N2S(=O)(=O)C(F)(F)F)C(F)(F)F. The molecule has 2 saturated heterocycles. The van der Waals surface area contributed by atoms with Crippen LogP contribution in [0.15, 0.2) is 0 Å². The maximum Gasteiger partial charge on any atom is 0.511 e. The number of rotatable bonds is 3. The molecule has 30 heavy (non-hydrogen) atoms. The van der Waals surface area contributed by atoms with E-state index in [1.165, 1.54) is 0 Å². The fraction of sp³-hybridized carbons (Fsp3) is 1.00. The highest BCUT2D eigenvalue weighted by atomic mass is 32.2. The van der Waals surface area contributed by atoms with Gasteiger partial charge in [-0.1, -0.05) is 0 Å². The monoisotopic (exact) mass is 523 g/mol. The van der Waals surface area contributed by atoms with E-state index in [0.717, 1.165) is 0 Å². The minimum atomic E-state index is -6.34. The molecule has 0 aromatic carbocycles. The molecule has 0 radical (unpaired) electrons. The molecule has 2 aliphatic heterocycles. The average Bonchev–Trinajstić information content (AvgIpc) is 2.49. The molecule has 9 nitrogen and oxygen atoms in total. The Balaban J connectivity index is 2.54. The van der Waals surface area contributed by atoms with Gasteiger partial charge in [0.05, 0.1) is 12.1 Å². The van der Waals surface area contributed by atoms with Crippen LogP contribution in [0.25, 0.3) is 0 Å². The van der Waals surface area contributed by atoms with Crippen molar-refractivity contribution in [3.8, 4) is 0 Å². The van der Waals surface area contributed by atoms with E-state index < -0.39 is 97.8 Å². The third-order valence-corrected chi connectivity index (χ3v) is 9.07. The van der Waals surface area contributed by atoms with Crippen molar-refractivity contribution in [1.29, 1.82) is 0 Å². The average molecular weight is 523 g/mol. The van der Waals surface area contributed by atoms with Gasteiger partial charge in [0.2, 0.25) is 0 Å². The molecule has 0 N–H and O–H groups in total. The Hall–Kier alpha value is -0.900. The summed E-state index contributed by atoms with van der Waals surface area (Å²) in [5.41, 5.74) is -17.9. The van der Waals surface area contributed by atoms with Crippen LogP contribution in [0.5, 0.6) is 0 Å². The molecule has 0 aromatic rings. The number of hydrogen-bond donors (Lipinski definition) is 0. The van der Waals surface area contributed by atoms with E-state index in [2.05, 4.69) is 0 Å². The molecule has 2 bridgehead atoms. The van der Waals surface area contributed by atoms with E-state index in [1.54, 1.807) is 0 Å². The molecule has 0 unspecified atom stereocenters. The van der Waals surface area contributed by atoms with Gasteiger partial charge in [-0.05, 0) is 0 Å². The Labute approximate surface area is 163 Å². The third-order valence-electron chi connectivity index (χ3n) is 4.21. The van der Waals surface area contributed by atoms with E-state index >= 15 is 0 Å². The van der Waals surface area contributed by atoms with Crippen LogP contribution in [0, 0.1) is 0 Å². The molecule has 2 fully saturated rings. The Kier molecular flexibility index (Phi) is 5.96.